The Morgan fingerprint density at radius 2 is 2.03 bits per heavy atom. The highest BCUT2D eigenvalue weighted by molar-refractivity contribution is 7.11. The minimum atomic E-state index is -0.681. The van der Waals surface area contributed by atoms with Crippen molar-refractivity contribution < 1.29 is 14.6 Å². The fourth-order valence-electron chi connectivity index (χ4n) is 4.63. The van der Waals surface area contributed by atoms with Crippen molar-refractivity contribution in [2.24, 2.45) is 0 Å². The zero-order chi connectivity index (χ0) is 23.3. The Labute approximate surface area is 200 Å². The van der Waals surface area contributed by atoms with Gasteiger partial charge < -0.3 is 15.1 Å². The third-order valence-corrected chi connectivity index (χ3v) is 7.47. The van der Waals surface area contributed by atoms with Crippen LogP contribution in [-0.4, -0.2) is 51.4 Å². The average molecular weight is 484 g/mol. The Morgan fingerprint density at radius 3 is 2.79 bits per heavy atom. The second kappa shape index (κ2) is 8.57. The number of hydrogen-bond acceptors (Lipinski definition) is 6. The number of aromatic hydroxyl groups is 1. The number of nitrogens with zero attached hydrogens (tertiary/aromatic N) is 3. The van der Waals surface area contributed by atoms with E-state index in [0.717, 1.165) is 15.8 Å². The van der Waals surface area contributed by atoms with E-state index < -0.39 is 12.0 Å². The van der Waals surface area contributed by atoms with Crippen molar-refractivity contribution in [2.75, 3.05) is 24.5 Å². The molecule has 1 unspecified atom stereocenters. The van der Waals surface area contributed by atoms with Crippen molar-refractivity contribution in [3.05, 3.63) is 66.0 Å². The zero-order valence-corrected chi connectivity index (χ0v) is 19.6. The number of aliphatic hydroxyl groups excluding tert-OH is 1. The van der Waals surface area contributed by atoms with Gasteiger partial charge in [-0.3, -0.25) is 4.90 Å². The normalized spacial score (nSPS) is 18.2. The number of anilines is 1. The lowest BCUT2D eigenvalue weighted by atomic mass is 9.96. The summed E-state index contributed by atoms with van der Waals surface area (Å²) >= 11 is 7.92. The average Bonchev–Trinajstić information content (AvgIpc) is 3.22. The lowest BCUT2D eigenvalue weighted by molar-refractivity contribution is 0.0299. The molecule has 0 bridgehead atoms. The standard InChI is InChI=1S/C25H23ClFN3O2S/c1-3-21(32)29-8-9-30(14(2)13-29)25-19-12-20(26)22(23(27)24(19)28-33-25)18-11-16(31)10-15-6-4-5-7-17(15)18/h3-7,10-12,14,21,31-32H,1,8-9,13H2,2H3/t14-,21?/m1/s1. The van der Waals surface area contributed by atoms with E-state index in [1.54, 1.807) is 12.1 Å². The molecule has 2 atom stereocenters. The third-order valence-electron chi connectivity index (χ3n) is 6.27. The van der Waals surface area contributed by atoms with Gasteiger partial charge in [-0.25, -0.2) is 4.39 Å². The number of piperazine rings is 1. The van der Waals surface area contributed by atoms with E-state index in [4.69, 9.17) is 11.6 Å². The van der Waals surface area contributed by atoms with Crippen LogP contribution in [0.3, 0.4) is 0 Å². The van der Waals surface area contributed by atoms with E-state index in [0.29, 0.717) is 30.6 Å². The van der Waals surface area contributed by atoms with Gasteiger partial charge in [0.2, 0.25) is 0 Å². The van der Waals surface area contributed by atoms with E-state index in [9.17, 15) is 10.2 Å². The monoisotopic (exact) mass is 483 g/mol. The Balaban J connectivity index is 1.60. The molecule has 0 aliphatic carbocycles. The number of phenols is 1. The zero-order valence-electron chi connectivity index (χ0n) is 18.0. The third kappa shape index (κ3) is 3.75. The summed E-state index contributed by atoms with van der Waals surface area (Å²) in [6.07, 6.45) is 0.839. The van der Waals surface area contributed by atoms with E-state index in [1.165, 1.54) is 23.7 Å². The summed E-state index contributed by atoms with van der Waals surface area (Å²) in [5, 5.41) is 23.7. The molecule has 2 N–H and O–H groups in total. The van der Waals surface area contributed by atoms with Crippen LogP contribution in [0.5, 0.6) is 5.75 Å². The highest BCUT2D eigenvalue weighted by Crippen LogP contribution is 2.44. The summed E-state index contributed by atoms with van der Waals surface area (Å²) in [5.41, 5.74) is 1.03. The van der Waals surface area contributed by atoms with Crippen molar-refractivity contribution >= 4 is 49.8 Å². The molecule has 8 heteroatoms. The summed E-state index contributed by atoms with van der Waals surface area (Å²) in [7, 11) is 0. The van der Waals surface area contributed by atoms with Gasteiger partial charge in [0.05, 0.1) is 5.02 Å². The molecule has 170 valence electrons. The molecule has 2 heterocycles. The van der Waals surface area contributed by atoms with Crippen LogP contribution in [-0.2, 0) is 0 Å². The number of aromatic nitrogens is 1. The summed E-state index contributed by atoms with van der Waals surface area (Å²) in [4.78, 5) is 4.14. The van der Waals surface area contributed by atoms with Crippen LogP contribution in [0.25, 0.3) is 32.8 Å². The second-order valence-electron chi connectivity index (χ2n) is 8.33. The molecule has 0 spiro atoms. The summed E-state index contributed by atoms with van der Waals surface area (Å²) < 4.78 is 20.3. The van der Waals surface area contributed by atoms with Crippen molar-refractivity contribution in [3.8, 4) is 16.9 Å². The fraction of sp³-hybridized carbons (Fsp3) is 0.240. The van der Waals surface area contributed by atoms with Gasteiger partial charge >= 0.3 is 0 Å². The molecule has 5 nitrogen and oxygen atoms in total. The first-order valence-electron chi connectivity index (χ1n) is 10.7. The molecule has 1 saturated heterocycles. The maximum Gasteiger partial charge on any atom is 0.159 e. The van der Waals surface area contributed by atoms with Crippen molar-refractivity contribution in [1.29, 1.82) is 0 Å². The molecule has 1 fully saturated rings. The quantitative estimate of drug-likeness (QED) is 0.368. The van der Waals surface area contributed by atoms with Crippen LogP contribution in [0.4, 0.5) is 9.39 Å². The topological polar surface area (TPSA) is 59.8 Å². The molecule has 1 aromatic heterocycles. The predicted octanol–water partition coefficient (Wildman–Crippen LogP) is 5.63. The minimum Gasteiger partial charge on any atom is -0.508 e. The number of fused-ring (bicyclic) bond motifs is 2. The number of aliphatic hydroxyl groups is 1. The molecule has 0 radical (unpaired) electrons. The SMILES string of the molecule is C=CC(O)N1CCN(c2snc3c(F)c(-c4cc(O)cc5ccccc45)c(Cl)cc23)[C@H](C)C1. The summed E-state index contributed by atoms with van der Waals surface area (Å²) in [5.74, 6) is -0.448. The van der Waals surface area contributed by atoms with E-state index in [1.807, 2.05) is 29.2 Å². The fourth-order valence-corrected chi connectivity index (χ4v) is 5.91. The van der Waals surface area contributed by atoms with Crippen LogP contribution < -0.4 is 4.90 Å². The van der Waals surface area contributed by atoms with Gasteiger partial charge in [0, 0.05) is 36.6 Å². The maximum atomic E-state index is 15.9. The number of hydrogen-bond donors (Lipinski definition) is 2. The van der Waals surface area contributed by atoms with Gasteiger partial charge in [0.1, 0.15) is 22.5 Å². The van der Waals surface area contributed by atoms with Gasteiger partial charge in [-0.05, 0) is 59.1 Å². The summed E-state index contributed by atoms with van der Waals surface area (Å²) in [6.45, 7) is 7.70. The first-order chi connectivity index (χ1) is 15.9. The van der Waals surface area contributed by atoms with Crippen LogP contribution >= 0.6 is 23.1 Å². The lowest BCUT2D eigenvalue weighted by Gasteiger charge is -2.41. The van der Waals surface area contributed by atoms with E-state index in [-0.39, 0.29) is 27.9 Å². The number of rotatable bonds is 4. The molecule has 33 heavy (non-hydrogen) atoms. The van der Waals surface area contributed by atoms with Crippen LogP contribution in [0.2, 0.25) is 5.02 Å². The van der Waals surface area contributed by atoms with Gasteiger partial charge in [-0.15, -0.1) is 0 Å². The molecule has 1 aliphatic rings. The van der Waals surface area contributed by atoms with Crippen LogP contribution in [0, 0.1) is 5.82 Å². The van der Waals surface area contributed by atoms with Crippen LogP contribution in [0.15, 0.2) is 55.1 Å². The van der Waals surface area contributed by atoms with Gasteiger partial charge in [-0.1, -0.05) is 42.4 Å². The van der Waals surface area contributed by atoms with E-state index in [2.05, 4.69) is 22.8 Å². The Bertz CT molecular complexity index is 1380. The molecular formula is C25H23ClFN3O2S. The highest BCUT2D eigenvalue weighted by Gasteiger charge is 2.30. The molecular weight excluding hydrogens is 461 g/mol. The molecule has 4 aromatic rings. The predicted molar refractivity (Wildman–Crippen MR) is 134 cm³/mol. The van der Waals surface area contributed by atoms with Crippen molar-refractivity contribution in [2.45, 2.75) is 19.2 Å². The molecule has 1 aliphatic heterocycles. The van der Waals surface area contributed by atoms with Crippen molar-refractivity contribution in [1.82, 2.24) is 9.27 Å². The van der Waals surface area contributed by atoms with Crippen molar-refractivity contribution in [3.63, 3.8) is 0 Å². The second-order valence-corrected chi connectivity index (χ2v) is 9.49. The summed E-state index contributed by atoms with van der Waals surface area (Å²) in [6, 6.07) is 12.5. The first kappa shape index (κ1) is 22.1. The Hall–Kier alpha value is -2.71. The number of phenolic OH excluding ortho intramolecular Hbond substituents is 1. The maximum absolute atomic E-state index is 15.9. The number of benzene rings is 3. The molecule has 5 rings (SSSR count). The molecule has 0 saturated carbocycles. The number of halogens is 2. The Morgan fingerprint density at radius 1 is 1.24 bits per heavy atom. The van der Waals surface area contributed by atoms with Gasteiger partial charge in [0.15, 0.2) is 5.82 Å². The lowest BCUT2D eigenvalue weighted by Crippen LogP contribution is -2.54. The molecule has 3 aromatic carbocycles. The van der Waals surface area contributed by atoms with E-state index >= 15 is 4.39 Å². The van der Waals surface area contributed by atoms with Gasteiger partial charge in [0.25, 0.3) is 0 Å². The largest absolute Gasteiger partial charge is 0.508 e. The van der Waals surface area contributed by atoms with Gasteiger partial charge in [-0.2, -0.15) is 4.37 Å². The smallest absolute Gasteiger partial charge is 0.159 e. The first-order valence-corrected chi connectivity index (χ1v) is 11.8. The highest BCUT2D eigenvalue weighted by atomic mass is 35.5. The Kier molecular flexibility index (Phi) is 5.74. The minimum absolute atomic E-state index is 0.0478. The van der Waals surface area contributed by atoms with Crippen LogP contribution in [0.1, 0.15) is 6.92 Å². The molecule has 0 amide bonds.